The molecule has 0 unspecified atom stereocenters. The first-order valence-corrected chi connectivity index (χ1v) is 7.21. The van der Waals surface area contributed by atoms with Crippen LogP contribution in [-0.4, -0.2) is 9.38 Å². The molecule has 1 aliphatic carbocycles. The predicted octanol–water partition coefficient (Wildman–Crippen LogP) is 4.08. The highest BCUT2D eigenvalue weighted by Gasteiger charge is 2.17. The molecule has 1 aromatic carbocycles. The second-order valence-corrected chi connectivity index (χ2v) is 5.68. The maximum absolute atomic E-state index is 4.85. The molecule has 2 aliphatic heterocycles. The minimum atomic E-state index is 1.09. The Bertz CT molecular complexity index is 933. The van der Waals surface area contributed by atoms with E-state index >= 15 is 0 Å². The average molecular weight is 258 g/mol. The molecule has 0 atom stereocenters. The van der Waals surface area contributed by atoms with Gasteiger partial charge in [0.1, 0.15) is 0 Å². The average Bonchev–Trinajstić information content (AvgIpc) is 3.08. The lowest BCUT2D eigenvalue weighted by Crippen LogP contribution is -1.95. The van der Waals surface area contributed by atoms with Gasteiger partial charge in [0.25, 0.3) is 0 Å². The van der Waals surface area contributed by atoms with Gasteiger partial charge in [-0.2, -0.15) is 0 Å². The SMILES string of the molecule is c1ccc2c3ccn4cc5c(cc4c-3nc2c1)CCC5. The van der Waals surface area contributed by atoms with Gasteiger partial charge in [0, 0.05) is 23.3 Å². The fourth-order valence-electron chi connectivity index (χ4n) is 3.52. The fourth-order valence-corrected chi connectivity index (χ4v) is 3.52. The molecule has 0 spiro atoms. The van der Waals surface area contributed by atoms with Crippen molar-refractivity contribution in [3.8, 4) is 11.3 Å². The van der Waals surface area contributed by atoms with E-state index in [-0.39, 0.29) is 0 Å². The number of fused-ring (bicyclic) bond motifs is 6. The summed E-state index contributed by atoms with van der Waals surface area (Å²) in [6.45, 7) is 0. The minimum Gasteiger partial charge on any atom is -0.322 e. The number of aromatic nitrogens is 2. The van der Waals surface area contributed by atoms with Gasteiger partial charge in [-0.3, -0.25) is 0 Å². The molecule has 0 N–H and O–H groups in total. The summed E-state index contributed by atoms with van der Waals surface area (Å²) >= 11 is 0. The monoisotopic (exact) mass is 258 g/mol. The molecule has 0 saturated heterocycles. The van der Waals surface area contributed by atoms with E-state index in [1.54, 1.807) is 0 Å². The smallest absolute Gasteiger partial charge is 0.0957 e. The van der Waals surface area contributed by atoms with Crippen molar-refractivity contribution in [1.82, 2.24) is 9.38 Å². The van der Waals surface area contributed by atoms with Gasteiger partial charge in [0.15, 0.2) is 0 Å². The van der Waals surface area contributed by atoms with Gasteiger partial charge in [0.05, 0.1) is 16.7 Å². The van der Waals surface area contributed by atoms with E-state index in [1.165, 1.54) is 46.9 Å². The van der Waals surface area contributed by atoms with Crippen molar-refractivity contribution >= 4 is 16.4 Å². The number of para-hydroxylation sites is 1. The first-order chi connectivity index (χ1) is 9.90. The molecule has 3 aliphatic rings. The van der Waals surface area contributed by atoms with E-state index in [2.05, 4.69) is 53.2 Å². The Kier molecular flexibility index (Phi) is 1.88. The molecule has 96 valence electrons. The highest BCUT2D eigenvalue weighted by molar-refractivity contribution is 6.01. The number of hydrogen-bond acceptors (Lipinski definition) is 1. The van der Waals surface area contributed by atoms with Crippen LogP contribution >= 0.6 is 0 Å². The Morgan fingerprint density at radius 3 is 2.90 bits per heavy atom. The number of rotatable bonds is 0. The van der Waals surface area contributed by atoms with Crippen LogP contribution < -0.4 is 0 Å². The molecule has 0 bridgehead atoms. The van der Waals surface area contributed by atoms with Crippen LogP contribution in [0.2, 0.25) is 0 Å². The first-order valence-electron chi connectivity index (χ1n) is 7.21. The first kappa shape index (κ1) is 10.4. The highest BCUT2D eigenvalue weighted by Crippen LogP contribution is 2.35. The minimum absolute atomic E-state index is 1.09. The fraction of sp³-hybridized carbons (Fsp3) is 0.167. The lowest BCUT2D eigenvalue weighted by molar-refractivity contribution is 0.910. The van der Waals surface area contributed by atoms with Crippen LogP contribution in [0.4, 0.5) is 0 Å². The van der Waals surface area contributed by atoms with Gasteiger partial charge >= 0.3 is 0 Å². The van der Waals surface area contributed by atoms with Crippen LogP contribution in [-0.2, 0) is 12.8 Å². The molecule has 20 heavy (non-hydrogen) atoms. The van der Waals surface area contributed by atoms with Crippen LogP contribution in [0.1, 0.15) is 17.5 Å². The summed E-state index contributed by atoms with van der Waals surface area (Å²) in [6.07, 6.45) is 8.17. The van der Waals surface area contributed by atoms with Gasteiger partial charge in [-0.05, 0) is 48.6 Å². The number of benzene rings is 1. The molecule has 5 rings (SSSR count). The van der Waals surface area contributed by atoms with E-state index in [9.17, 15) is 0 Å². The van der Waals surface area contributed by atoms with Gasteiger partial charge in [-0.1, -0.05) is 18.2 Å². The molecule has 0 radical (unpaired) electrons. The standard InChI is InChI=1S/C18H14N2/c1-2-7-16-14(6-1)15-8-9-20-11-13-5-3-4-12(13)10-17(20)18(15)19-16/h1-2,6-11H,3-5H2. The molecule has 0 fully saturated rings. The maximum atomic E-state index is 4.85. The molecular weight excluding hydrogens is 244 g/mol. The Morgan fingerprint density at radius 2 is 1.90 bits per heavy atom. The zero-order chi connectivity index (χ0) is 13.1. The largest absolute Gasteiger partial charge is 0.322 e. The summed E-state index contributed by atoms with van der Waals surface area (Å²) in [7, 11) is 0. The van der Waals surface area contributed by atoms with Gasteiger partial charge in [0.2, 0.25) is 0 Å². The predicted molar refractivity (Wildman–Crippen MR) is 81.3 cm³/mol. The maximum Gasteiger partial charge on any atom is 0.0957 e. The second-order valence-electron chi connectivity index (χ2n) is 5.68. The van der Waals surface area contributed by atoms with Crippen molar-refractivity contribution in [1.29, 1.82) is 0 Å². The summed E-state index contributed by atoms with van der Waals surface area (Å²) in [5, 5.41) is 1.26. The Hall–Kier alpha value is -2.35. The summed E-state index contributed by atoms with van der Waals surface area (Å²) in [5.41, 5.74) is 7.72. The van der Waals surface area contributed by atoms with Crippen molar-refractivity contribution < 1.29 is 0 Å². The lowest BCUT2D eigenvalue weighted by Gasteiger charge is -2.09. The number of pyridine rings is 2. The number of nitrogens with zero attached hydrogens (tertiary/aromatic N) is 2. The zero-order valence-electron chi connectivity index (χ0n) is 11.1. The van der Waals surface area contributed by atoms with Gasteiger partial charge in [-0.25, -0.2) is 4.98 Å². The van der Waals surface area contributed by atoms with Crippen LogP contribution in [0, 0.1) is 0 Å². The Morgan fingerprint density at radius 1 is 1.00 bits per heavy atom. The van der Waals surface area contributed by atoms with E-state index in [4.69, 9.17) is 4.98 Å². The zero-order valence-corrected chi connectivity index (χ0v) is 11.1. The summed E-state index contributed by atoms with van der Waals surface area (Å²) in [5.74, 6) is 0. The second kappa shape index (κ2) is 3.60. The van der Waals surface area contributed by atoms with Gasteiger partial charge < -0.3 is 4.40 Å². The lowest BCUT2D eigenvalue weighted by atomic mass is 10.1. The van der Waals surface area contributed by atoms with E-state index < -0.39 is 0 Å². The molecule has 0 amide bonds. The molecular formula is C18H14N2. The van der Waals surface area contributed by atoms with Crippen molar-refractivity contribution in [2.24, 2.45) is 0 Å². The third-order valence-corrected chi connectivity index (χ3v) is 4.51. The van der Waals surface area contributed by atoms with Crippen LogP contribution in [0.25, 0.3) is 27.7 Å². The Balaban J connectivity index is 1.96. The summed E-state index contributed by atoms with van der Waals surface area (Å²) < 4.78 is 2.23. The molecule has 0 saturated carbocycles. The Labute approximate surface area is 117 Å². The molecule has 1 aromatic heterocycles. The molecule has 3 heterocycles. The molecule has 2 aromatic rings. The van der Waals surface area contributed by atoms with Crippen LogP contribution in [0.5, 0.6) is 0 Å². The topological polar surface area (TPSA) is 17.3 Å². The van der Waals surface area contributed by atoms with Crippen LogP contribution in [0.3, 0.4) is 0 Å². The molecule has 2 nitrogen and oxygen atoms in total. The van der Waals surface area contributed by atoms with Crippen molar-refractivity contribution in [3.63, 3.8) is 0 Å². The van der Waals surface area contributed by atoms with Crippen molar-refractivity contribution in [2.45, 2.75) is 19.3 Å². The van der Waals surface area contributed by atoms with Crippen LogP contribution in [0.15, 0.2) is 48.8 Å². The molecule has 2 heteroatoms. The summed E-state index contributed by atoms with van der Waals surface area (Å²) in [6, 6.07) is 12.9. The summed E-state index contributed by atoms with van der Waals surface area (Å²) in [4.78, 5) is 4.85. The highest BCUT2D eigenvalue weighted by atomic mass is 14.9. The van der Waals surface area contributed by atoms with E-state index in [1.807, 2.05) is 0 Å². The third kappa shape index (κ3) is 1.26. The van der Waals surface area contributed by atoms with Crippen molar-refractivity contribution in [3.05, 3.63) is 59.9 Å². The quantitative estimate of drug-likeness (QED) is 0.464. The third-order valence-electron chi connectivity index (χ3n) is 4.51. The number of aryl methyl sites for hydroxylation is 2. The normalized spacial score (nSPS) is 14.4. The van der Waals surface area contributed by atoms with Crippen molar-refractivity contribution in [2.75, 3.05) is 0 Å². The van der Waals surface area contributed by atoms with E-state index in [0.717, 1.165) is 11.2 Å². The van der Waals surface area contributed by atoms with E-state index in [0.29, 0.717) is 0 Å². The number of hydrogen-bond donors (Lipinski definition) is 0. The van der Waals surface area contributed by atoms with Gasteiger partial charge in [-0.15, -0.1) is 0 Å².